The van der Waals surface area contributed by atoms with Crippen LogP contribution in [-0.4, -0.2) is 97.0 Å². The summed E-state index contributed by atoms with van der Waals surface area (Å²) in [5.41, 5.74) is 1.81. The Morgan fingerprint density at radius 2 is 1.05 bits per heavy atom. The number of methoxy groups -OCH3 is 6. The summed E-state index contributed by atoms with van der Waals surface area (Å²) in [4.78, 5) is 28.0. The molecule has 0 spiro atoms. The number of halogens is 2. The van der Waals surface area contributed by atoms with Crippen molar-refractivity contribution in [1.82, 2.24) is 0 Å². The van der Waals surface area contributed by atoms with Gasteiger partial charge in [0.15, 0.2) is 35.4 Å². The molecule has 4 aromatic carbocycles. The molecule has 1 unspecified atom stereocenters. The van der Waals surface area contributed by atoms with Crippen LogP contribution in [0.3, 0.4) is 0 Å². The molecule has 5 rings (SSSR count). The topological polar surface area (TPSA) is 156 Å². The number of esters is 2. The summed E-state index contributed by atoms with van der Waals surface area (Å²) in [5, 5.41) is 11.5. The second-order valence-corrected chi connectivity index (χ2v) is 14.2. The maximum absolute atomic E-state index is 14.3. The molecule has 0 amide bonds. The zero-order chi connectivity index (χ0) is 40.4. The molecule has 56 heavy (non-hydrogen) atoms. The van der Waals surface area contributed by atoms with Crippen LogP contribution in [0.1, 0.15) is 31.8 Å². The van der Waals surface area contributed by atoms with Crippen LogP contribution in [0.4, 0.5) is 0 Å². The van der Waals surface area contributed by atoms with Crippen molar-refractivity contribution in [3.05, 3.63) is 102 Å². The van der Waals surface area contributed by atoms with Crippen molar-refractivity contribution in [3.63, 3.8) is 0 Å². The SMILES string of the molecule is COc1cc(C(=O)OC[C@H]2OC(O)[C@H](OCc3ccccc3)[C@@H](OC(=O)c3cc(OC)c(OC)c(OC)c3I)[C@@H]2OCc2ccccc2)c(I)c(OC)c1OC. The summed E-state index contributed by atoms with van der Waals surface area (Å²) >= 11 is 3.92. The zero-order valence-electron chi connectivity index (χ0n) is 31.4. The summed E-state index contributed by atoms with van der Waals surface area (Å²) in [7, 11) is 8.66. The van der Waals surface area contributed by atoms with Gasteiger partial charge in [-0.1, -0.05) is 60.7 Å². The number of hydrogen-bond donors (Lipinski definition) is 1. The summed E-state index contributed by atoms with van der Waals surface area (Å²) in [5.74, 6) is 0.0338. The maximum Gasteiger partial charge on any atom is 0.339 e. The second-order valence-electron chi connectivity index (χ2n) is 12.1. The van der Waals surface area contributed by atoms with E-state index < -0.39 is 49.3 Å². The first-order chi connectivity index (χ1) is 27.1. The van der Waals surface area contributed by atoms with E-state index >= 15 is 0 Å². The first kappa shape index (κ1) is 43.1. The molecule has 0 aromatic heterocycles. The molecule has 300 valence electrons. The van der Waals surface area contributed by atoms with Crippen molar-refractivity contribution in [2.24, 2.45) is 0 Å². The van der Waals surface area contributed by atoms with Crippen LogP contribution in [0, 0.1) is 7.14 Å². The van der Waals surface area contributed by atoms with E-state index in [0.717, 1.165) is 11.1 Å². The van der Waals surface area contributed by atoms with Gasteiger partial charge >= 0.3 is 11.9 Å². The lowest BCUT2D eigenvalue weighted by molar-refractivity contribution is -0.305. The van der Waals surface area contributed by atoms with Gasteiger partial charge in [-0.15, -0.1) is 0 Å². The Kier molecular flexibility index (Phi) is 15.7. The van der Waals surface area contributed by atoms with Gasteiger partial charge < -0.3 is 57.2 Å². The molecule has 1 heterocycles. The Hall–Kier alpha value is -4.08. The number of ether oxygens (including phenoxy) is 11. The molecule has 4 aromatic rings. The van der Waals surface area contributed by atoms with Gasteiger partial charge in [-0.2, -0.15) is 0 Å². The van der Waals surface area contributed by atoms with E-state index in [-0.39, 0.29) is 53.1 Å². The van der Waals surface area contributed by atoms with Crippen LogP contribution in [0.25, 0.3) is 0 Å². The Bertz CT molecular complexity index is 1950. The minimum atomic E-state index is -1.66. The fourth-order valence-corrected chi connectivity index (χ4v) is 7.72. The van der Waals surface area contributed by atoms with Crippen LogP contribution in [-0.2, 0) is 36.9 Å². The number of benzene rings is 4. The van der Waals surface area contributed by atoms with Crippen molar-refractivity contribution in [1.29, 1.82) is 0 Å². The largest absolute Gasteiger partial charge is 0.493 e. The van der Waals surface area contributed by atoms with Crippen LogP contribution in [0.2, 0.25) is 0 Å². The standard InChI is InChI=1S/C40H42I2O14/c1-46-26-17-24(29(41)34(50-5)31(26)48-3)38(43)54-21-28-33(52-19-22-13-9-7-10-14-22)36(37(40(45)55-28)53-20-23-15-11-8-12-16-23)56-39(44)25-18-27(47-2)32(49-4)35(51-6)30(25)42/h7-18,28,33,36-37,40,45H,19-21H2,1-6H3/t28-,33-,36+,37-,40?/m1/s1. The molecule has 0 bridgehead atoms. The van der Waals surface area contributed by atoms with E-state index in [9.17, 15) is 14.7 Å². The zero-order valence-corrected chi connectivity index (χ0v) is 35.8. The number of carbonyl (C=O) groups excluding carboxylic acids is 2. The van der Waals surface area contributed by atoms with Crippen molar-refractivity contribution in [2.75, 3.05) is 49.3 Å². The molecule has 0 aliphatic carbocycles. The molecule has 0 radical (unpaired) electrons. The number of rotatable bonds is 17. The molecule has 1 N–H and O–H groups in total. The molecule has 1 aliphatic heterocycles. The van der Waals surface area contributed by atoms with Crippen molar-refractivity contribution in [2.45, 2.75) is 43.9 Å². The van der Waals surface area contributed by atoms with Gasteiger partial charge in [0.05, 0.1) is 74.1 Å². The average Bonchev–Trinajstić information content (AvgIpc) is 3.22. The van der Waals surface area contributed by atoms with E-state index in [1.54, 1.807) is 0 Å². The molecular weight excluding hydrogens is 958 g/mol. The molecule has 1 fully saturated rings. The molecule has 1 saturated heterocycles. The average molecular weight is 1000 g/mol. The highest BCUT2D eigenvalue weighted by atomic mass is 127. The van der Waals surface area contributed by atoms with Gasteiger partial charge in [0, 0.05) is 0 Å². The fraction of sp³-hybridized carbons (Fsp3) is 0.350. The van der Waals surface area contributed by atoms with Gasteiger partial charge in [-0.05, 0) is 68.4 Å². The monoisotopic (exact) mass is 1000 g/mol. The highest BCUT2D eigenvalue weighted by Gasteiger charge is 2.50. The lowest BCUT2D eigenvalue weighted by Gasteiger charge is -2.43. The third-order valence-corrected chi connectivity index (χ3v) is 10.9. The summed E-state index contributed by atoms with van der Waals surface area (Å²) in [6.07, 6.45) is -6.53. The van der Waals surface area contributed by atoms with Crippen molar-refractivity contribution < 1.29 is 66.8 Å². The Balaban J connectivity index is 1.53. The summed E-state index contributed by atoms with van der Waals surface area (Å²) in [6, 6.07) is 21.5. The molecule has 1 aliphatic rings. The first-order valence-corrected chi connectivity index (χ1v) is 19.3. The third-order valence-electron chi connectivity index (χ3n) is 8.78. The normalized spacial score (nSPS) is 19.1. The van der Waals surface area contributed by atoms with E-state index in [4.69, 9.17) is 52.1 Å². The summed E-state index contributed by atoms with van der Waals surface area (Å²) < 4.78 is 64.7. The Morgan fingerprint density at radius 3 is 1.50 bits per heavy atom. The van der Waals surface area contributed by atoms with Gasteiger partial charge in [-0.25, -0.2) is 9.59 Å². The number of aliphatic hydroxyl groups excluding tert-OH is 1. The Morgan fingerprint density at radius 1 is 0.607 bits per heavy atom. The maximum atomic E-state index is 14.3. The van der Waals surface area contributed by atoms with Crippen LogP contribution in [0.5, 0.6) is 34.5 Å². The first-order valence-electron chi connectivity index (χ1n) is 17.1. The van der Waals surface area contributed by atoms with E-state index in [1.165, 1.54) is 54.8 Å². The van der Waals surface area contributed by atoms with Gasteiger partial charge in [-0.3, -0.25) is 0 Å². The van der Waals surface area contributed by atoms with Gasteiger partial charge in [0.1, 0.15) is 24.9 Å². The fourth-order valence-electron chi connectivity index (χ4n) is 6.04. The van der Waals surface area contributed by atoms with Crippen molar-refractivity contribution >= 4 is 57.1 Å². The molecule has 14 nitrogen and oxygen atoms in total. The van der Waals surface area contributed by atoms with E-state index in [0.29, 0.717) is 12.9 Å². The minimum Gasteiger partial charge on any atom is -0.493 e. The number of aliphatic hydroxyl groups is 1. The van der Waals surface area contributed by atoms with E-state index in [1.807, 2.05) is 106 Å². The predicted octanol–water partition coefficient (Wildman–Crippen LogP) is 6.22. The number of carbonyl (C=O) groups is 2. The van der Waals surface area contributed by atoms with Crippen molar-refractivity contribution in [3.8, 4) is 34.5 Å². The predicted molar refractivity (Wildman–Crippen MR) is 218 cm³/mol. The summed E-state index contributed by atoms with van der Waals surface area (Å²) in [6.45, 7) is -0.350. The Labute approximate surface area is 351 Å². The lowest BCUT2D eigenvalue weighted by Crippen LogP contribution is -2.61. The van der Waals surface area contributed by atoms with Crippen LogP contribution in [0.15, 0.2) is 72.8 Å². The highest BCUT2D eigenvalue weighted by Crippen LogP contribution is 2.44. The molecule has 5 atom stereocenters. The minimum absolute atomic E-state index is 0.0341. The highest BCUT2D eigenvalue weighted by molar-refractivity contribution is 14.1. The molecular formula is C40H42I2O14. The lowest BCUT2D eigenvalue weighted by atomic mass is 9.97. The van der Waals surface area contributed by atoms with Gasteiger partial charge in [0.2, 0.25) is 11.5 Å². The quantitative estimate of drug-likeness (QED) is 0.0941. The smallest absolute Gasteiger partial charge is 0.339 e. The second kappa shape index (κ2) is 20.4. The van der Waals surface area contributed by atoms with E-state index in [2.05, 4.69) is 0 Å². The molecule has 16 heteroatoms. The van der Waals surface area contributed by atoms with Gasteiger partial charge in [0.25, 0.3) is 0 Å². The number of hydrogen-bond acceptors (Lipinski definition) is 14. The van der Waals surface area contributed by atoms with Crippen LogP contribution >= 0.6 is 45.2 Å². The molecule has 0 saturated carbocycles. The third kappa shape index (κ3) is 9.71. The van der Waals surface area contributed by atoms with Crippen LogP contribution < -0.4 is 28.4 Å².